The van der Waals surface area contributed by atoms with Gasteiger partial charge in [-0.15, -0.1) is 11.3 Å². The van der Waals surface area contributed by atoms with Crippen LogP contribution in [-0.2, 0) is 6.54 Å². The van der Waals surface area contributed by atoms with Crippen LogP contribution in [0.15, 0.2) is 34.5 Å². The van der Waals surface area contributed by atoms with Crippen molar-refractivity contribution in [3.8, 4) is 11.3 Å². The highest BCUT2D eigenvalue weighted by molar-refractivity contribution is 7.09. The van der Waals surface area contributed by atoms with Crippen LogP contribution in [0, 0.1) is 6.92 Å². The van der Waals surface area contributed by atoms with Crippen molar-refractivity contribution in [3.63, 3.8) is 0 Å². The molecule has 6 heteroatoms. The number of thiazole rings is 1. The van der Waals surface area contributed by atoms with Crippen molar-refractivity contribution in [1.29, 1.82) is 0 Å². The van der Waals surface area contributed by atoms with Gasteiger partial charge in [-0.1, -0.05) is 0 Å². The molecule has 0 saturated carbocycles. The number of aliphatic hydroxyl groups excluding tert-OH is 1. The van der Waals surface area contributed by atoms with Crippen LogP contribution < -0.4 is 0 Å². The molecule has 1 aliphatic heterocycles. The standard InChI is InChI=1S/C15H19N3O2S/c1-12-16-15(10-21-12)13-7-14(20-9-13)8-18-5-4-17(11-18)3-2-6-19/h4-5,7,9-10,19H,2-3,6,8,11H2,1H3. The van der Waals surface area contributed by atoms with Gasteiger partial charge in [0, 0.05) is 36.5 Å². The number of rotatable bonds is 6. The lowest BCUT2D eigenvalue weighted by Gasteiger charge is -2.19. The first kappa shape index (κ1) is 14.2. The molecule has 21 heavy (non-hydrogen) atoms. The van der Waals surface area contributed by atoms with Crippen molar-refractivity contribution in [2.24, 2.45) is 0 Å². The number of aliphatic hydroxyl groups is 1. The number of nitrogens with zero attached hydrogens (tertiary/aromatic N) is 3. The first-order valence-corrected chi connectivity index (χ1v) is 7.90. The van der Waals surface area contributed by atoms with E-state index in [9.17, 15) is 0 Å². The molecule has 0 saturated heterocycles. The summed E-state index contributed by atoms with van der Waals surface area (Å²) in [4.78, 5) is 8.84. The van der Waals surface area contributed by atoms with Crippen LogP contribution in [0.5, 0.6) is 0 Å². The fourth-order valence-electron chi connectivity index (χ4n) is 2.33. The molecular formula is C15H19N3O2S. The number of hydrogen-bond acceptors (Lipinski definition) is 6. The average Bonchev–Trinajstić information content (AvgIpc) is 3.18. The van der Waals surface area contributed by atoms with Gasteiger partial charge in [-0.25, -0.2) is 4.98 Å². The Kier molecular flexibility index (Phi) is 4.26. The molecule has 1 N–H and O–H groups in total. The minimum absolute atomic E-state index is 0.235. The van der Waals surface area contributed by atoms with Gasteiger partial charge in [0.2, 0.25) is 0 Å². The largest absolute Gasteiger partial charge is 0.467 e. The smallest absolute Gasteiger partial charge is 0.123 e. The van der Waals surface area contributed by atoms with Crippen molar-refractivity contribution in [1.82, 2.24) is 14.8 Å². The zero-order valence-electron chi connectivity index (χ0n) is 12.0. The van der Waals surface area contributed by atoms with Gasteiger partial charge in [0.05, 0.1) is 23.9 Å². The molecule has 1 aliphatic rings. The van der Waals surface area contributed by atoms with E-state index in [0.717, 1.165) is 48.2 Å². The summed E-state index contributed by atoms with van der Waals surface area (Å²) in [6, 6.07) is 2.05. The summed E-state index contributed by atoms with van der Waals surface area (Å²) in [6.45, 7) is 4.70. The Bertz CT molecular complexity index is 620. The van der Waals surface area contributed by atoms with Gasteiger partial charge < -0.3 is 19.3 Å². The normalized spacial score (nSPS) is 14.4. The third-order valence-electron chi connectivity index (χ3n) is 3.38. The Balaban J connectivity index is 1.57. The van der Waals surface area contributed by atoms with Crippen LogP contribution in [0.25, 0.3) is 11.3 Å². The highest BCUT2D eigenvalue weighted by Crippen LogP contribution is 2.24. The lowest BCUT2D eigenvalue weighted by atomic mass is 10.2. The predicted molar refractivity (Wildman–Crippen MR) is 82.5 cm³/mol. The van der Waals surface area contributed by atoms with E-state index in [1.807, 2.05) is 6.92 Å². The van der Waals surface area contributed by atoms with E-state index in [1.54, 1.807) is 17.6 Å². The molecule has 0 aromatic carbocycles. The molecule has 0 aliphatic carbocycles. The monoisotopic (exact) mass is 305 g/mol. The van der Waals surface area contributed by atoms with Crippen LogP contribution in [0.4, 0.5) is 0 Å². The molecule has 0 fully saturated rings. The lowest BCUT2D eigenvalue weighted by Crippen LogP contribution is -2.26. The molecular weight excluding hydrogens is 286 g/mol. The summed E-state index contributed by atoms with van der Waals surface area (Å²) < 4.78 is 5.64. The molecule has 0 bridgehead atoms. The highest BCUT2D eigenvalue weighted by atomic mass is 32.1. The van der Waals surface area contributed by atoms with Gasteiger partial charge in [-0.3, -0.25) is 0 Å². The summed E-state index contributed by atoms with van der Waals surface area (Å²) in [7, 11) is 0. The third-order valence-corrected chi connectivity index (χ3v) is 4.16. The first-order chi connectivity index (χ1) is 10.2. The molecule has 3 rings (SSSR count). The number of furan rings is 1. The van der Waals surface area contributed by atoms with Crippen LogP contribution in [-0.4, -0.2) is 39.7 Å². The van der Waals surface area contributed by atoms with Gasteiger partial charge >= 0.3 is 0 Å². The molecule has 0 atom stereocenters. The van der Waals surface area contributed by atoms with Gasteiger partial charge in [-0.2, -0.15) is 0 Å². The quantitative estimate of drug-likeness (QED) is 0.889. The number of hydrogen-bond donors (Lipinski definition) is 1. The Morgan fingerprint density at radius 1 is 1.38 bits per heavy atom. The maximum absolute atomic E-state index is 8.86. The van der Waals surface area contributed by atoms with E-state index >= 15 is 0 Å². The lowest BCUT2D eigenvalue weighted by molar-refractivity contribution is 0.219. The van der Waals surface area contributed by atoms with E-state index in [2.05, 4.69) is 38.6 Å². The SMILES string of the molecule is Cc1nc(-c2coc(CN3C=CN(CCCO)C3)c2)cs1. The zero-order chi connectivity index (χ0) is 14.7. The minimum atomic E-state index is 0.235. The van der Waals surface area contributed by atoms with E-state index < -0.39 is 0 Å². The van der Waals surface area contributed by atoms with Gasteiger partial charge in [0.1, 0.15) is 12.0 Å². The summed E-state index contributed by atoms with van der Waals surface area (Å²) in [5.74, 6) is 0.935. The maximum Gasteiger partial charge on any atom is 0.123 e. The predicted octanol–water partition coefficient (Wildman–Crippen LogP) is 2.64. The zero-order valence-corrected chi connectivity index (χ0v) is 12.8. The van der Waals surface area contributed by atoms with Crippen LogP contribution in [0.1, 0.15) is 17.2 Å². The van der Waals surface area contributed by atoms with E-state index in [0.29, 0.717) is 0 Å². The topological polar surface area (TPSA) is 52.7 Å². The average molecular weight is 305 g/mol. The molecule has 112 valence electrons. The van der Waals surface area contributed by atoms with Crippen molar-refractivity contribution in [3.05, 3.63) is 40.9 Å². The third kappa shape index (κ3) is 3.46. The van der Waals surface area contributed by atoms with E-state index in [4.69, 9.17) is 9.52 Å². The molecule has 3 heterocycles. The Morgan fingerprint density at radius 3 is 3.00 bits per heavy atom. The Morgan fingerprint density at radius 2 is 2.24 bits per heavy atom. The van der Waals surface area contributed by atoms with Crippen LogP contribution >= 0.6 is 11.3 Å². The molecule has 2 aromatic heterocycles. The van der Waals surface area contributed by atoms with E-state index in [-0.39, 0.29) is 6.61 Å². The fourth-order valence-corrected chi connectivity index (χ4v) is 2.95. The van der Waals surface area contributed by atoms with Crippen LogP contribution in [0.3, 0.4) is 0 Å². The molecule has 0 radical (unpaired) electrons. The molecule has 0 unspecified atom stereocenters. The van der Waals surface area contributed by atoms with Crippen molar-refractivity contribution in [2.75, 3.05) is 19.8 Å². The first-order valence-electron chi connectivity index (χ1n) is 7.02. The van der Waals surface area contributed by atoms with Crippen LogP contribution in [0.2, 0.25) is 0 Å². The Hall–Kier alpha value is -1.79. The summed E-state index contributed by atoms with van der Waals surface area (Å²) in [6.07, 6.45) is 6.69. The molecule has 0 spiro atoms. The van der Waals surface area contributed by atoms with Crippen molar-refractivity contribution in [2.45, 2.75) is 19.9 Å². The second-order valence-electron chi connectivity index (χ2n) is 5.13. The van der Waals surface area contributed by atoms with Gasteiger partial charge in [0.15, 0.2) is 0 Å². The maximum atomic E-state index is 8.86. The van der Waals surface area contributed by atoms with Gasteiger partial charge in [0.25, 0.3) is 0 Å². The van der Waals surface area contributed by atoms with E-state index in [1.165, 1.54) is 0 Å². The molecule has 2 aromatic rings. The fraction of sp³-hybridized carbons (Fsp3) is 0.400. The van der Waals surface area contributed by atoms with Gasteiger partial charge in [-0.05, 0) is 19.4 Å². The minimum Gasteiger partial charge on any atom is -0.467 e. The molecule has 0 amide bonds. The molecule has 5 nitrogen and oxygen atoms in total. The number of aryl methyl sites for hydroxylation is 1. The van der Waals surface area contributed by atoms with Crippen molar-refractivity contribution >= 4 is 11.3 Å². The highest BCUT2D eigenvalue weighted by Gasteiger charge is 2.14. The second kappa shape index (κ2) is 6.32. The summed E-state index contributed by atoms with van der Waals surface area (Å²) >= 11 is 1.65. The summed E-state index contributed by atoms with van der Waals surface area (Å²) in [5, 5.41) is 12.0. The Labute approximate surface area is 128 Å². The van der Waals surface area contributed by atoms with Crippen molar-refractivity contribution < 1.29 is 9.52 Å². The summed E-state index contributed by atoms with van der Waals surface area (Å²) in [5.41, 5.74) is 2.02. The number of aromatic nitrogens is 1. The second-order valence-corrected chi connectivity index (χ2v) is 6.19.